The van der Waals surface area contributed by atoms with Crippen molar-refractivity contribution in [2.75, 3.05) is 31.6 Å². The molecule has 10 heteroatoms. The van der Waals surface area contributed by atoms with Gasteiger partial charge in [-0.15, -0.1) is 0 Å². The van der Waals surface area contributed by atoms with Gasteiger partial charge in [0.25, 0.3) is 10.0 Å². The molecule has 0 saturated heterocycles. The Morgan fingerprint density at radius 3 is 2.29 bits per heavy atom. The summed E-state index contributed by atoms with van der Waals surface area (Å²) in [6.45, 7) is 3.11. The van der Waals surface area contributed by atoms with Crippen LogP contribution in [0.2, 0.25) is 5.02 Å². The minimum Gasteiger partial charge on any atom is -0.495 e. The Morgan fingerprint density at radius 2 is 1.68 bits per heavy atom. The molecule has 0 aliphatic carbocycles. The molecule has 0 aliphatic heterocycles. The van der Waals surface area contributed by atoms with E-state index in [0.717, 1.165) is 15.4 Å². The molecule has 8 nitrogen and oxygen atoms in total. The quantitative estimate of drug-likeness (QED) is 0.383. The number of carbonyl (C=O) groups is 2. The third-order valence-electron chi connectivity index (χ3n) is 6.20. The first-order valence-electron chi connectivity index (χ1n) is 12.1. The van der Waals surface area contributed by atoms with Crippen molar-refractivity contribution in [1.29, 1.82) is 0 Å². The van der Waals surface area contributed by atoms with Crippen LogP contribution in [0.5, 0.6) is 5.75 Å². The number of benzene rings is 3. The molecule has 1 atom stereocenters. The second kappa shape index (κ2) is 12.8. The molecule has 0 spiro atoms. The first-order valence-corrected chi connectivity index (χ1v) is 13.9. The fourth-order valence-corrected chi connectivity index (χ4v) is 5.57. The summed E-state index contributed by atoms with van der Waals surface area (Å²) in [5.41, 5.74) is 1.98. The summed E-state index contributed by atoms with van der Waals surface area (Å²) in [6, 6.07) is 19.6. The molecule has 3 rings (SSSR count). The standard InChI is InChI=1S/C28H32ClN3O5S/c1-20-10-13-24(14-11-20)38(35,36)32(25-18-23(29)12-15-26(25)37-4)19-27(33)31(21(2)28(34)30-3)17-16-22-8-6-5-7-9-22/h5-15,18,21H,16-17,19H2,1-4H3,(H,30,34)/t21-/m1/s1. The molecule has 3 aromatic rings. The van der Waals surface area contributed by atoms with Crippen molar-refractivity contribution in [3.63, 3.8) is 0 Å². The third-order valence-corrected chi connectivity index (χ3v) is 8.20. The number of nitrogens with zero attached hydrogens (tertiary/aromatic N) is 2. The van der Waals surface area contributed by atoms with Gasteiger partial charge in [-0.05, 0) is 56.2 Å². The molecule has 38 heavy (non-hydrogen) atoms. The first kappa shape index (κ1) is 29.0. The van der Waals surface area contributed by atoms with Gasteiger partial charge in [-0.2, -0.15) is 0 Å². The predicted molar refractivity (Wildman–Crippen MR) is 149 cm³/mol. The average Bonchev–Trinajstić information content (AvgIpc) is 2.91. The Hall–Kier alpha value is -3.56. The Balaban J connectivity index is 2.05. The number of hydrogen-bond acceptors (Lipinski definition) is 5. The number of sulfonamides is 1. The van der Waals surface area contributed by atoms with Crippen molar-refractivity contribution in [3.8, 4) is 5.75 Å². The van der Waals surface area contributed by atoms with Gasteiger partial charge < -0.3 is 15.0 Å². The van der Waals surface area contributed by atoms with Gasteiger partial charge in [0.15, 0.2) is 0 Å². The summed E-state index contributed by atoms with van der Waals surface area (Å²) in [5.74, 6) is -0.678. The average molecular weight is 558 g/mol. The molecular weight excluding hydrogens is 526 g/mol. The topological polar surface area (TPSA) is 96.0 Å². The summed E-state index contributed by atoms with van der Waals surface area (Å²) in [4.78, 5) is 27.7. The number of amides is 2. The number of hydrogen-bond donors (Lipinski definition) is 1. The Bertz CT molecular complexity index is 1360. The molecule has 202 valence electrons. The van der Waals surface area contributed by atoms with Gasteiger partial charge >= 0.3 is 0 Å². The smallest absolute Gasteiger partial charge is 0.264 e. The number of likely N-dealkylation sites (N-methyl/N-ethyl adjacent to an activating group) is 1. The van der Waals surface area contributed by atoms with E-state index in [0.29, 0.717) is 6.42 Å². The highest BCUT2D eigenvalue weighted by atomic mass is 35.5. The summed E-state index contributed by atoms with van der Waals surface area (Å²) in [6.07, 6.45) is 0.485. The van der Waals surface area contributed by atoms with E-state index in [1.54, 1.807) is 31.2 Å². The highest BCUT2D eigenvalue weighted by molar-refractivity contribution is 7.92. The maximum absolute atomic E-state index is 13.9. The number of halogens is 1. The van der Waals surface area contributed by atoms with Gasteiger partial charge in [0.05, 0.1) is 17.7 Å². The number of nitrogens with one attached hydrogen (secondary N) is 1. The van der Waals surface area contributed by atoms with E-state index >= 15 is 0 Å². The van der Waals surface area contributed by atoms with Crippen LogP contribution in [0, 0.1) is 6.92 Å². The molecule has 1 N–H and O–H groups in total. The summed E-state index contributed by atoms with van der Waals surface area (Å²) >= 11 is 6.24. The molecular formula is C28H32ClN3O5S. The number of rotatable bonds is 11. The summed E-state index contributed by atoms with van der Waals surface area (Å²) in [5, 5.41) is 2.84. The van der Waals surface area contributed by atoms with Gasteiger partial charge in [-0.1, -0.05) is 59.6 Å². The van der Waals surface area contributed by atoms with Crippen molar-refractivity contribution in [1.82, 2.24) is 10.2 Å². The van der Waals surface area contributed by atoms with E-state index in [1.165, 1.54) is 37.3 Å². The number of carbonyl (C=O) groups excluding carboxylic acids is 2. The molecule has 0 aromatic heterocycles. The second-order valence-corrected chi connectivity index (χ2v) is 11.1. The molecule has 0 unspecified atom stereocenters. The van der Waals surface area contributed by atoms with Gasteiger partial charge in [0.2, 0.25) is 11.8 Å². The van der Waals surface area contributed by atoms with Crippen molar-refractivity contribution in [2.45, 2.75) is 31.2 Å². The first-order chi connectivity index (χ1) is 18.1. The Labute approximate surface area is 229 Å². The molecule has 3 aromatic carbocycles. The molecule has 2 amide bonds. The lowest BCUT2D eigenvalue weighted by Gasteiger charge is -2.32. The van der Waals surface area contributed by atoms with Crippen LogP contribution in [-0.4, -0.2) is 58.4 Å². The van der Waals surface area contributed by atoms with Crippen LogP contribution in [0.3, 0.4) is 0 Å². The number of anilines is 1. The van der Waals surface area contributed by atoms with Crippen molar-refractivity contribution in [3.05, 3.63) is 88.9 Å². The lowest BCUT2D eigenvalue weighted by Crippen LogP contribution is -2.51. The highest BCUT2D eigenvalue weighted by Gasteiger charge is 2.33. The maximum atomic E-state index is 13.9. The van der Waals surface area contributed by atoms with Crippen molar-refractivity contribution in [2.24, 2.45) is 0 Å². The van der Waals surface area contributed by atoms with E-state index < -0.39 is 28.5 Å². The van der Waals surface area contributed by atoms with Crippen LogP contribution in [-0.2, 0) is 26.0 Å². The third kappa shape index (κ3) is 6.85. The monoisotopic (exact) mass is 557 g/mol. The highest BCUT2D eigenvalue weighted by Crippen LogP contribution is 2.35. The zero-order chi connectivity index (χ0) is 27.9. The van der Waals surface area contributed by atoms with Gasteiger partial charge in [0, 0.05) is 18.6 Å². The van der Waals surface area contributed by atoms with Crippen molar-refractivity contribution < 1.29 is 22.7 Å². The van der Waals surface area contributed by atoms with E-state index in [1.807, 2.05) is 37.3 Å². The van der Waals surface area contributed by atoms with E-state index in [4.69, 9.17) is 16.3 Å². The molecule has 0 saturated carbocycles. The number of aryl methyl sites for hydroxylation is 1. The van der Waals surface area contributed by atoms with Crippen LogP contribution in [0.25, 0.3) is 0 Å². The zero-order valence-electron chi connectivity index (χ0n) is 21.8. The summed E-state index contributed by atoms with van der Waals surface area (Å²) < 4.78 is 34.2. The maximum Gasteiger partial charge on any atom is 0.264 e. The van der Waals surface area contributed by atoms with E-state index in [9.17, 15) is 18.0 Å². The van der Waals surface area contributed by atoms with Crippen LogP contribution in [0.1, 0.15) is 18.1 Å². The SMILES string of the molecule is CNC(=O)[C@@H](C)N(CCc1ccccc1)C(=O)CN(c1cc(Cl)ccc1OC)S(=O)(=O)c1ccc(C)cc1. The van der Waals surface area contributed by atoms with Gasteiger partial charge in [0.1, 0.15) is 18.3 Å². The van der Waals surface area contributed by atoms with E-state index in [2.05, 4.69) is 5.32 Å². The fraction of sp³-hybridized carbons (Fsp3) is 0.286. The van der Waals surface area contributed by atoms with Crippen LogP contribution < -0.4 is 14.4 Å². The van der Waals surface area contributed by atoms with Crippen LogP contribution in [0.4, 0.5) is 5.69 Å². The number of methoxy groups -OCH3 is 1. The Kier molecular flexibility index (Phi) is 9.77. The largest absolute Gasteiger partial charge is 0.495 e. The fourth-order valence-electron chi connectivity index (χ4n) is 3.99. The minimum absolute atomic E-state index is 0.00751. The normalized spacial score (nSPS) is 11.9. The molecule has 0 bridgehead atoms. The zero-order valence-corrected chi connectivity index (χ0v) is 23.4. The Morgan fingerprint density at radius 1 is 1.03 bits per heavy atom. The second-order valence-electron chi connectivity index (χ2n) is 8.75. The molecule has 0 heterocycles. The molecule has 0 radical (unpaired) electrons. The predicted octanol–water partition coefficient (Wildman–Crippen LogP) is 4.06. The number of ether oxygens (including phenoxy) is 1. The van der Waals surface area contributed by atoms with Crippen molar-refractivity contribution >= 4 is 39.1 Å². The summed E-state index contributed by atoms with van der Waals surface area (Å²) in [7, 11) is -1.32. The van der Waals surface area contributed by atoms with Crippen LogP contribution in [0.15, 0.2) is 77.7 Å². The lowest BCUT2D eigenvalue weighted by atomic mass is 10.1. The van der Waals surface area contributed by atoms with Gasteiger partial charge in [-0.25, -0.2) is 8.42 Å². The van der Waals surface area contributed by atoms with Crippen LogP contribution >= 0.6 is 11.6 Å². The lowest BCUT2D eigenvalue weighted by molar-refractivity contribution is -0.138. The van der Waals surface area contributed by atoms with Gasteiger partial charge in [-0.3, -0.25) is 13.9 Å². The molecule has 0 aliphatic rings. The minimum atomic E-state index is -4.22. The van der Waals surface area contributed by atoms with E-state index in [-0.39, 0.29) is 33.8 Å². The molecule has 0 fully saturated rings.